The molecule has 5 nitrogen and oxygen atoms in total. The molecule has 1 aromatic carbocycles. The van der Waals surface area contributed by atoms with Crippen molar-refractivity contribution in [2.24, 2.45) is 5.92 Å². The number of carbonyl (C=O) groups is 2. The zero-order valence-corrected chi connectivity index (χ0v) is 11.2. The van der Waals surface area contributed by atoms with Crippen molar-refractivity contribution < 1.29 is 23.8 Å². The number of methoxy groups -OCH3 is 2. The average molecular weight is 264 g/mol. The van der Waals surface area contributed by atoms with Crippen LogP contribution in [0.25, 0.3) is 0 Å². The number of fused-ring (bicyclic) bond motifs is 1. The molecule has 1 aliphatic rings. The topological polar surface area (TPSA) is 61.8 Å². The third kappa shape index (κ3) is 2.16. The van der Waals surface area contributed by atoms with Crippen LogP contribution in [-0.2, 0) is 16.0 Å². The number of carbonyl (C=O) groups excluding carboxylic acids is 2. The van der Waals surface area contributed by atoms with Crippen LogP contribution in [0.3, 0.4) is 0 Å². The second-order valence-electron chi connectivity index (χ2n) is 4.20. The molecule has 0 saturated carbocycles. The number of Topliss-reactive ketones (excluding diaryl/α,β-unsaturated/α-hetero) is 1. The molecule has 2 rings (SSSR count). The molecule has 5 heteroatoms. The third-order valence-corrected chi connectivity index (χ3v) is 3.21. The van der Waals surface area contributed by atoms with E-state index in [4.69, 9.17) is 14.2 Å². The summed E-state index contributed by atoms with van der Waals surface area (Å²) in [7, 11) is 3.03. The monoisotopic (exact) mass is 264 g/mol. The van der Waals surface area contributed by atoms with Crippen LogP contribution in [0.1, 0.15) is 22.8 Å². The van der Waals surface area contributed by atoms with Gasteiger partial charge in [0.15, 0.2) is 5.78 Å². The van der Waals surface area contributed by atoms with Crippen LogP contribution in [0.15, 0.2) is 12.1 Å². The number of ketones is 1. The normalized spacial score (nSPS) is 17.0. The van der Waals surface area contributed by atoms with Crippen molar-refractivity contribution in [1.29, 1.82) is 0 Å². The molecule has 19 heavy (non-hydrogen) atoms. The smallest absolute Gasteiger partial charge is 0.317 e. The number of benzene rings is 1. The van der Waals surface area contributed by atoms with E-state index in [0.29, 0.717) is 29.0 Å². The zero-order chi connectivity index (χ0) is 14.0. The fraction of sp³-hybridized carbons (Fsp3) is 0.429. The van der Waals surface area contributed by atoms with E-state index in [1.54, 1.807) is 19.1 Å². The Kier molecular flexibility index (Phi) is 3.74. The summed E-state index contributed by atoms with van der Waals surface area (Å²) >= 11 is 0. The first-order chi connectivity index (χ1) is 9.13. The van der Waals surface area contributed by atoms with Gasteiger partial charge in [0.1, 0.15) is 17.4 Å². The van der Waals surface area contributed by atoms with Gasteiger partial charge in [0.25, 0.3) is 0 Å². The minimum atomic E-state index is -0.792. The maximum absolute atomic E-state index is 12.3. The second-order valence-corrected chi connectivity index (χ2v) is 4.20. The Morgan fingerprint density at radius 3 is 2.47 bits per heavy atom. The molecular weight excluding hydrogens is 248 g/mol. The summed E-state index contributed by atoms with van der Waals surface area (Å²) in [5, 5.41) is 0. The van der Waals surface area contributed by atoms with Gasteiger partial charge in [0.2, 0.25) is 0 Å². The molecule has 1 unspecified atom stereocenters. The van der Waals surface area contributed by atoms with Crippen molar-refractivity contribution in [1.82, 2.24) is 0 Å². The largest absolute Gasteiger partial charge is 0.496 e. The molecule has 0 N–H and O–H groups in total. The van der Waals surface area contributed by atoms with Gasteiger partial charge in [-0.3, -0.25) is 9.59 Å². The van der Waals surface area contributed by atoms with Crippen molar-refractivity contribution in [3.63, 3.8) is 0 Å². The fourth-order valence-electron chi connectivity index (χ4n) is 2.35. The summed E-state index contributed by atoms with van der Waals surface area (Å²) < 4.78 is 15.4. The lowest BCUT2D eigenvalue weighted by molar-refractivity contribution is -0.145. The van der Waals surface area contributed by atoms with Gasteiger partial charge in [-0.25, -0.2) is 0 Å². The molecule has 0 fully saturated rings. The van der Waals surface area contributed by atoms with Crippen LogP contribution >= 0.6 is 0 Å². The molecule has 0 radical (unpaired) electrons. The number of rotatable bonds is 4. The molecule has 1 aliphatic carbocycles. The first kappa shape index (κ1) is 13.4. The van der Waals surface area contributed by atoms with E-state index in [1.807, 2.05) is 0 Å². The lowest BCUT2D eigenvalue weighted by Crippen LogP contribution is -2.23. The average Bonchev–Trinajstić information content (AvgIpc) is 2.76. The van der Waals surface area contributed by atoms with Crippen LogP contribution < -0.4 is 9.47 Å². The molecule has 0 amide bonds. The van der Waals surface area contributed by atoms with Gasteiger partial charge >= 0.3 is 5.97 Å². The Morgan fingerprint density at radius 2 is 1.89 bits per heavy atom. The molecule has 0 bridgehead atoms. The highest BCUT2D eigenvalue weighted by atomic mass is 16.5. The van der Waals surface area contributed by atoms with Gasteiger partial charge in [-0.2, -0.15) is 0 Å². The molecular formula is C14H16O5. The van der Waals surface area contributed by atoms with Crippen molar-refractivity contribution in [2.45, 2.75) is 13.3 Å². The highest BCUT2D eigenvalue weighted by Gasteiger charge is 2.40. The summed E-state index contributed by atoms with van der Waals surface area (Å²) in [5.74, 6) is -0.485. The fourth-order valence-corrected chi connectivity index (χ4v) is 2.35. The Bertz CT molecular complexity index is 521. The minimum Gasteiger partial charge on any atom is -0.496 e. The molecule has 102 valence electrons. The predicted molar refractivity (Wildman–Crippen MR) is 67.7 cm³/mol. The zero-order valence-electron chi connectivity index (χ0n) is 11.2. The van der Waals surface area contributed by atoms with E-state index in [9.17, 15) is 9.59 Å². The van der Waals surface area contributed by atoms with Gasteiger partial charge in [-0.15, -0.1) is 0 Å². The van der Waals surface area contributed by atoms with Crippen molar-refractivity contribution >= 4 is 11.8 Å². The lowest BCUT2D eigenvalue weighted by Gasteiger charge is -2.09. The summed E-state index contributed by atoms with van der Waals surface area (Å²) in [5.41, 5.74) is 1.14. The van der Waals surface area contributed by atoms with Gasteiger partial charge in [0.05, 0.1) is 26.4 Å². The number of esters is 1. The SMILES string of the molecule is CCOC(=O)C1Cc2c(OC)ccc(OC)c2C1=O. The lowest BCUT2D eigenvalue weighted by atomic mass is 10.1. The first-order valence-electron chi connectivity index (χ1n) is 6.08. The van der Waals surface area contributed by atoms with E-state index in [2.05, 4.69) is 0 Å². The summed E-state index contributed by atoms with van der Waals surface area (Å²) in [4.78, 5) is 24.1. The molecule has 0 spiro atoms. The maximum Gasteiger partial charge on any atom is 0.317 e. The second kappa shape index (κ2) is 5.30. The van der Waals surface area contributed by atoms with Crippen LogP contribution in [-0.4, -0.2) is 32.6 Å². The first-order valence-corrected chi connectivity index (χ1v) is 6.08. The maximum atomic E-state index is 12.3. The van der Waals surface area contributed by atoms with Crippen LogP contribution in [0, 0.1) is 5.92 Å². The molecule has 0 saturated heterocycles. The van der Waals surface area contributed by atoms with E-state index in [0.717, 1.165) is 0 Å². The van der Waals surface area contributed by atoms with Crippen LogP contribution in [0.4, 0.5) is 0 Å². The van der Waals surface area contributed by atoms with E-state index in [-0.39, 0.29) is 12.4 Å². The van der Waals surface area contributed by atoms with Crippen LogP contribution in [0.5, 0.6) is 11.5 Å². The minimum absolute atomic E-state index is 0.257. The quantitative estimate of drug-likeness (QED) is 0.611. The Labute approximate surface area is 111 Å². The van der Waals surface area contributed by atoms with Gasteiger partial charge in [-0.1, -0.05) is 0 Å². The molecule has 0 heterocycles. The van der Waals surface area contributed by atoms with Gasteiger partial charge < -0.3 is 14.2 Å². The van der Waals surface area contributed by atoms with E-state index in [1.165, 1.54) is 14.2 Å². The summed E-state index contributed by atoms with van der Waals surface area (Å²) in [6.45, 7) is 1.97. The molecule has 1 aromatic rings. The number of hydrogen-bond acceptors (Lipinski definition) is 5. The highest BCUT2D eigenvalue weighted by Crippen LogP contribution is 2.39. The predicted octanol–water partition coefficient (Wildman–Crippen LogP) is 1.62. The third-order valence-electron chi connectivity index (χ3n) is 3.21. The number of hydrogen-bond donors (Lipinski definition) is 0. The van der Waals surface area contributed by atoms with E-state index < -0.39 is 11.9 Å². The Hall–Kier alpha value is -2.04. The Balaban J connectivity index is 2.43. The molecule has 1 atom stereocenters. The van der Waals surface area contributed by atoms with Gasteiger partial charge in [0, 0.05) is 5.56 Å². The summed E-state index contributed by atoms with van der Waals surface area (Å²) in [6.07, 6.45) is 0.299. The van der Waals surface area contributed by atoms with Gasteiger partial charge in [-0.05, 0) is 25.5 Å². The van der Waals surface area contributed by atoms with Crippen molar-refractivity contribution in [3.8, 4) is 11.5 Å². The summed E-state index contributed by atoms with van der Waals surface area (Å²) in [6, 6.07) is 3.40. The molecule has 0 aromatic heterocycles. The van der Waals surface area contributed by atoms with Crippen LogP contribution in [0.2, 0.25) is 0 Å². The Morgan fingerprint density at radius 1 is 1.26 bits per heavy atom. The standard InChI is InChI=1S/C14H16O5/c1-4-19-14(16)9-7-8-10(17-2)5-6-11(18-3)12(8)13(9)15/h5-6,9H,4,7H2,1-3H3. The highest BCUT2D eigenvalue weighted by molar-refractivity contribution is 6.14. The van der Waals surface area contributed by atoms with Crippen molar-refractivity contribution in [2.75, 3.05) is 20.8 Å². The molecule has 0 aliphatic heterocycles. The van der Waals surface area contributed by atoms with E-state index >= 15 is 0 Å². The van der Waals surface area contributed by atoms with Crippen molar-refractivity contribution in [3.05, 3.63) is 23.3 Å². The number of ether oxygens (including phenoxy) is 3.